The van der Waals surface area contributed by atoms with Crippen LogP contribution >= 0.6 is 15.9 Å². The van der Waals surface area contributed by atoms with E-state index in [2.05, 4.69) is 49.9 Å². The standard InChI is InChI=1S/C24H18BrN3O2/c1-27-14-20(16-6-2-4-8-22(16)27)24(17-7-3-5-9-23(17)28(29)30)19-13-26-21-11-10-15(25)12-18(19)21/h2-14,24,26H,1H3. The lowest BCUT2D eigenvalue weighted by molar-refractivity contribution is -0.385. The average Bonchev–Trinajstić information content (AvgIpc) is 3.30. The first-order valence-electron chi connectivity index (χ1n) is 9.58. The highest BCUT2D eigenvalue weighted by Gasteiger charge is 2.29. The summed E-state index contributed by atoms with van der Waals surface area (Å²) in [5.74, 6) is -0.291. The summed E-state index contributed by atoms with van der Waals surface area (Å²) < 4.78 is 3.05. The summed E-state index contributed by atoms with van der Waals surface area (Å²) in [7, 11) is 2.01. The van der Waals surface area contributed by atoms with Gasteiger partial charge in [-0.1, -0.05) is 52.3 Å². The first-order chi connectivity index (χ1) is 14.5. The van der Waals surface area contributed by atoms with Crippen molar-refractivity contribution in [3.63, 3.8) is 0 Å². The summed E-state index contributed by atoms with van der Waals surface area (Å²) in [6.07, 6.45) is 4.06. The molecule has 0 aliphatic carbocycles. The average molecular weight is 460 g/mol. The number of aryl methyl sites for hydroxylation is 1. The zero-order chi connectivity index (χ0) is 20.8. The van der Waals surface area contributed by atoms with Crippen LogP contribution in [0.15, 0.2) is 83.6 Å². The van der Waals surface area contributed by atoms with Gasteiger partial charge in [-0.25, -0.2) is 0 Å². The second-order valence-electron chi connectivity index (χ2n) is 7.40. The van der Waals surface area contributed by atoms with Crippen LogP contribution in [-0.4, -0.2) is 14.5 Å². The highest BCUT2D eigenvalue weighted by Crippen LogP contribution is 2.43. The van der Waals surface area contributed by atoms with Crippen LogP contribution in [0.2, 0.25) is 0 Å². The molecule has 148 valence electrons. The van der Waals surface area contributed by atoms with Gasteiger partial charge in [-0.05, 0) is 35.4 Å². The van der Waals surface area contributed by atoms with Gasteiger partial charge < -0.3 is 9.55 Å². The van der Waals surface area contributed by atoms with Crippen LogP contribution in [0.1, 0.15) is 22.6 Å². The first kappa shape index (κ1) is 18.6. The summed E-state index contributed by atoms with van der Waals surface area (Å²) in [5, 5.41) is 14.0. The van der Waals surface area contributed by atoms with Gasteiger partial charge in [-0.15, -0.1) is 0 Å². The van der Waals surface area contributed by atoms with Crippen LogP contribution < -0.4 is 0 Å². The first-order valence-corrected chi connectivity index (χ1v) is 10.4. The van der Waals surface area contributed by atoms with Gasteiger partial charge in [0.05, 0.1) is 4.92 Å². The Balaban J connectivity index is 1.87. The van der Waals surface area contributed by atoms with Gasteiger partial charge in [0.15, 0.2) is 0 Å². The van der Waals surface area contributed by atoms with Gasteiger partial charge in [0.2, 0.25) is 0 Å². The van der Waals surface area contributed by atoms with E-state index in [1.165, 1.54) is 0 Å². The second-order valence-corrected chi connectivity index (χ2v) is 8.31. The molecule has 0 spiro atoms. The number of nitrogens with zero attached hydrogens (tertiary/aromatic N) is 2. The highest BCUT2D eigenvalue weighted by atomic mass is 79.9. The van der Waals surface area contributed by atoms with Crippen molar-refractivity contribution in [2.24, 2.45) is 7.05 Å². The minimum absolute atomic E-state index is 0.125. The number of hydrogen-bond donors (Lipinski definition) is 1. The molecule has 3 aromatic carbocycles. The van der Waals surface area contributed by atoms with E-state index in [4.69, 9.17) is 0 Å². The maximum Gasteiger partial charge on any atom is 0.273 e. The Hall–Kier alpha value is -3.38. The van der Waals surface area contributed by atoms with E-state index in [-0.39, 0.29) is 16.5 Å². The SMILES string of the molecule is Cn1cc(C(c2ccccc2[N+](=O)[O-])c2c[nH]c3ccc(Br)cc23)c2ccccc21. The highest BCUT2D eigenvalue weighted by molar-refractivity contribution is 9.10. The second kappa shape index (κ2) is 7.15. The molecule has 5 aromatic rings. The van der Waals surface area contributed by atoms with E-state index in [1.54, 1.807) is 12.1 Å². The molecule has 2 aromatic heterocycles. The van der Waals surface area contributed by atoms with Crippen molar-refractivity contribution in [3.05, 3.63) is 110 Å². The fourth-order valence-corrected chi connectivity index (χ4v) is 4.72. The summed E-state index contributed by atoms with van der Waals surface area (Å²) in [6, 6.07) is 21.3. The van der Waals surface area contributed by atoms with Crippen molar-refractivity contribution in [1.29, 1.82) is 0 Å². The van der Waals surface area contributed by atoms with E-state index < -0.39 is 0 Å². The Morgan fingerprint density at radius 1 is 0.967 bits per heavy atom. The summed E-state index contributed by atoms with van der Waals surface area (Å²) in [5.41, 5.74) is 4.95. The zero-order valence-electron chi connectivity index (χ0n) is 16.2. The molecule has 2 heterocycles. The lowest BCUT2D eigenvalue weighted by Gasteiger charge is -2.17. The molecule has 0 saturated carbocycles. The quantitative estimate of drug-likeness (QED) is 0.246. The van der Waals surface area contributed by atoms with Crippen molar-refractivity contribution in [2.45, 2.75) is 5.92 Å². The molecule has 1 atom stereocenters. The van der Waals surface area contributed by atoms with Crippen LogP contribution in [0.3, 0.4) is 0 Å². The molecule has 1 N–H and O–H groups in total. The number of aromatic nitrogens is 2. The summed E-state index contributed by atoms with van der Waals surface area (Å²) in [4.78, 5) is 14.9. The Bertz CT molecular complexity index is 1420. The monoisotopic (exact) mass is 459 g/mol. The number of fused-ring (bicyclic) bond motifs is 2. The molecule has 1 unspecified atom stereocenters. The van der Waals surface area contributed by atoms with Crippen molar-refractivity contribution < 1.29 is 4.92 Å². The Kier molecular flexibility index (Phi) is 4.44. The maximum absolute atomic E-state index is 11.9. The third-order valence-corrected chi connectivity index (χ3v) is 6.16. The minimum atomic E-state index is -0.293. The number of nitrogens with one attached hydrogen (secondary N) is 1. The van der Waals surface area contributed by atoms with Gasteiger partial charge in [-0.2, -0.15) is 0 Å². The van der Waals surface area contributed by atoms with Crippen molar-refractivity contribution in [1.82, 2.24) is 9.55 Å². The fourth-order valence-electron chi connectivity index (χ4n) is 4.36. The van der Waals surface area contributed by atoms with Crippen LogP contribution in [0.5, 0.6) is 0 Å². The fraction of sp³-hybridized carbons (Fsp3) is 0.0833. The third kappa shape index (κ3) is 2.92. The lowest BCUT2D eigenvalue weighted by atomic mass is 9.84. The molecule has 6 heteroatoms. The molecule has 0 radical (unpaired) electrons. The van der Waals surface area contributed by atoms with Gasteiger partial charge in [-0.3, -0.25) is 10.1 Å². The Labute approximate surface area is 181 Å². The summed E-state index contributed by atoms with van der Waals surface area (Å²) >= 11 is 3.57. The Morgan fingerprint density at radius 3 is 2.57 bits per heavy atom. The number of rotatable bonds is 4. The van der Waals surface area contributed by atoms with E-state index >= 15 is 0 Å². The molecule has 0 aliphatic heterocycles. The van der Waals surface area contributed by atoms with Gasteiger partial charge in [0.25, 0.3) is 5.69 Å². The smallest absolute Gasteiger partial charge is 0.273 e. The zero-order valence-corrected chi connectivity index (χ0v) is 17.8. The molecule has 5 rings (SSSR count). The number of nitro benzene ring substituents is 1. The number of para-hydroxylation sites is 2. The molecule has 0 aliphatic rings. The molecule has 30 heavy (non-hydrogen) atoms. The predicted molar refractivity (Wildman–Crippen MR) is 123 cm³/mol. The van der Waals surface area contributed by atoms with E-state index in [1.807, 2.05) is 49.6 Å². The van der Waals surface area contributed by atoms with Gasteiger partial charge in [0.1, 0.15) is 0 Å². The summed E-state index contributed by atoms with van der Waals surface area (Å²) in [6.45, 7) is 0. The number of aromatic amines is 1. The maximum atomic E-state index is 11.9. The van der Waals surface area contributed by atoms with Gasteiger partial charge in [0, 0.05) is 63.3 Å². The van der Waals surface area contributed by atoms with Gasteiger partial charge >= 0.3 is 0 Å². The molecule has 5 nitrogen and oxygen atoms in total. The molecule has 0 fully saturated rings. The van der Waals surface area contributed by atoms with Crippen LogP contribution in [-0.2, 0) is 7.05 Å². The van der Waals surface area contributed by atoms with E-state index in [0.717, 1.165) is 37.4 Å². The number of benzene rings is 3. The molecule has 0 amide bonds. The number of hydrogen-bond acceptors (Lipinski definition) is 2. The van der Waals surface area contributed by atoms with Crippen LogP contribution in [0.4, 0.5) is 5.69 Å². The molecule has 0 bridgehead atoms. The van der Waals surface area contributed by atoms with Crippen molar-refractivity contribution >= 4 is 43.4 Å². The number of H-pyrrole nitrogens is 1. The normalized spacial score (nSPS) is 12.5. The van der Waals surface area contributed by atoms with E-state index in [9.17, 15) is 10.1 Å². The van der Waals surface area contributed by atoms with Crippen LogP contribution in [0.25, 0.3) is 21.8 Å². The molecular formula is C24H18BrN3O2. The molecular weight excluding hydrogens is 442 g/mol. The topological polar surface area (TPSA) is 63.9 Å². The van der Waals surface area contributed by atoms with Crippen molar-refractivity contribution in [3.8, 4) is 0 Å². The van der Waals surface area contributed by atoms with E-state index in [0.29, 0.717) is 5.56 Å². The molecule has 0 saturated heterocycles. The lowest BCUT2D eigenvalue weighted by Crippen LogP contribution is -2.06. The number of halogens is 1. The largest absolute Gasteiger partial charge is 0.361 e. The predicted octanol–water partition coefficient (Wildman–Crippen LogP) is 6.51. The minimum Gasteiger partial charge on any atom is -0.361 e. The van der Waals surface area contributed by atoms with Crippen molar-refractivity contribution in [2.75, 3.05) is 0 Å². The Morgan fingerprint density at radius 2 is 1.73 bits per heavy atom. The third-order valence-electron chi connectivity index (χ3n) is 5.67. The number of nitro groups is 1. The van der Waals surface area contributed by atoms with Crippen LogP contribution in [0, 0.1) is 10.1 Å².